The van der Waals surface area contributed by atoms with Crippen LogP contribution in [0.3, 0.4) is 0 Å². The predicted octanol–water partition coefficient (Wildman–Crippen LogP) is 5.82. The standard InChI is InChI=1S/C24H34O3/c1-17(9-7-10-18(2)25)20-14-15-21-22(13-8-16-24(20,21)3)27-23(26)19-11-5-4-6-12-19/h4-6,11-12,17,20-22H,7-10,13-16H2,1-3H3/t17-,20-,21?,22+,24-/m1/s1. The quantitative estimate of drug-likeness (QED) is 0.568. The first-order chi connectivity index (χ1) is 12.9. The van der Waals surface area contributed by atoms with Gasteiger partial charge in [-0.05, 0) is 74.8 Å². The van der Waals surface area contributed by atoms with E-state index in [-0.39, 0.29) is 17.5 Å². The zero-order chi connectivity index (χ0) is 19.4. The van der Waals surface area contributed by atoms with E-state index in [1.807, 2.05) is 30.3 Å². The number of benzene rings is 1. The molecule has 3 nitrogen and oxygen atoms in total. The van der Waals surface area contributed by atoms with Gasteiger partial charge < -0.3 is 9.53 Å². The second kappa shape index (κ2) is 8.58. The molecule has 2 aliphatic carbocycles. The van der Waals surface area contributed by atoms with Crippen LogP contribution in [0.4, 0.5) is 0 Å². The molecular formula is C24H34O3. The van der Waals surface area contributed by atoms with Crippen molar-refractivity contribution in [2.45, 2.75) is 78.2 Å². The Balaban J connectivity index is 1.64. The molecule has 1 aromatic carbocycles. The number of ether oxygens (including phenoxy) is 1. The predicted molar refractivity (Wildman–Crippen MR) is 108 cm³/mol. The summed E-state index contributed by atoms with van der Waals surface area (Å²) in [5.41, 5.74) is 0.909. The highest BCUT2D eigenvalue weighted by Gasteiger charge is 2.53. The van der Waals surface area contributed by atoms with Crippen LogP contribution in [0.25, 0.3) is 0 Å². The number of esters is 1. The summed E-state index contributed by atoms with van der Waals surface area (Å²) in [6.45, 7) is 6.47. The van der Waals surface area contributed by atoms with Crippen LogP contribution >= 0.6 is 0 Å². The minimum absolute atomic E-state index is 0.0471. The second-order valence-corrected chi connectivity index (χ2v) is 9.07. The third-order valence-electron chi connectivity index (χ3n) is 7.28. The number of carbonyl (C=O) groups is 2. The Bertz CT molecular complexity index is 653. The summed E-state index contributed by atoms with van der Waals surface area (Å²) in [7, 11) is 0. The molecule has 1 unspecified atom stereocenters. The molecule has 0 heterocycles. The van der Waals surface area contributed by atoms with E-state index >= 15 is 0 Å². The van der Waals surface area contributed by atoms with Gasteiger partial charge in [-0.2, -0.15) is 0 Å². The maximum absolute atomic E-state index is 12.6. The molecule has 1 aromatic rings. The van der Waals surface area contributed by atoms with Crippen LogP contribution in [0.5, 0.6) is 0 Å². The number of Topliss-reactive ketones (excluding diaryl/α,β-unsaturated/α-hetero) is 1. The first kappa shape index (κ1) is 20.1. The highest BCUT2D eigenvalue weighted by molar-refractivity contribution is 5.89. The van der Waals surface area contributed by atoms with Crippen molar-refractivity contribution in [1.82, 2.24) is 0 Å². The van der Waals surface area contributed by atoms with Crippen molar-refractivity contribution in [2.24, 2.45) is 23.2 Å². The van der Waals surface area contributed by atoms with Crippen molar-refractivity contribution < 1.29 is 14.3 Å². The molecule has 0 bridgehead atoms. The van der Waals surface area contributed by atoms with Crippen LogP contribution < -0.4 is 0 Å². The molecule has 0 amide bonds. The molecule has 0 N–H and O–H groups in total. The van der Waals surface area contributed by atoms with Gasteiger partial charge in [0.05, 0.1) is 5.56 Å². The second-order valence-electron chi connectivity index (χ2n) is 9.07. The number of fused-ring (bicyclic) bond motifs is 1. The monoisotopic (exact) mass is 370 g/mol. The van der Waals surface area contributed by atoms with Gasteiger partial charge in [0.2, 0.25) is 0 Å². The number of ketones is 1. The maximum Gasteiger partial charge on any atom is 0.338 e. The van der Waals surface area contributed by atoms with Crippen molar-refractivity contribution >= 4 is 11.8 Å². The minimum Gasteiger partial charge on any atom is -0.458 e. The topological polar surface area (TPSA) is 43.4 Å². The van der Waals surface area contributed by atoms with E-state index in [2.05, 4.69) is 13.8 Å². The molecular weight excluding hydrogens is 336 g/mol. The molecule has 5 atom stereocenters. The Morgan fingerprint density at radius 2 is 1.93 bits per heavy atom. The van der Waals surface area contributed by atoms with E-state index in [9.17, 15) is 9.59 Å². The van der Waals surface area contributed by atoms with Crippen LogP contribution in [-0.2, 0) is 9.53 Å². The third-order valence-corrected chi connectivity index (χ3v) is 7.28. The molecule has 2 aliphatic rings. The van der Waals surface area contributed by atoms with Crippen LogP contribution in [0.2, 0.25) is 0 Å². The number of hydrogen-bond acceptors (Lipinski definition) is 3. The van der Waals surface area contributed by atoms with Gasteiger partial charge in [0.25, 0.3) is 0 Å². The van der Waals surface area contributed by atoms with Gasteiger partial charge in [0, 0.05) is 12.3 Å². The first-order valence-electron chi connectivity index (χ1n) is 10.7. The van der Waals surface area contributed by atoms with E-state index in [0.717, 1.165) is 32.1 Å². The molecule has 3 rings (SSSR count). The van der Waals surface area contributed by atoms with Crippen LogP contribution in [0.1, 0.15) is 82.5 Å². The molecule has 2 saturated carbocycles. The highest BCUT2D eigenvalue weighted by atomic mass is 16.5. The molecule has 148 valence electrons. The molecule has 0 aromatic heterocycles. The summed E-state index contributed by atoms with van der Waals surface area (Å²) in [5, 5.41) is 0. The Morgan fingerprint density at radius 1 is 1.19 bits per heavy atom. The average Bonchev–Trinajstić information content (AvgIpc) is 3.00. The van der Waals surface area contributed by atoms with Crippen molar-refractivity contribution in [3.05, 3.63) is 35.9 Å². The van der Waals surface area contributed by atoms with E-state index in [1.165, 1.54) is 12.8 Å². The van der Waals surface area contributed by atoms with Gasteiger partial charge >= 0.3 is 5.97 Å². The van der Waals surface area contributed by atoms with Crippen LogP contribution in [0.15, 0.2) is 30.3 Å². The summed E-state index contributed by atoms with van der Waals surface area (Å²) in [4.78, 5) is 23.8. The lowest BCUT2D eigenvalue weighted by molar-refractivity contribution is -0.117. The summed E-state index contributed by atoms with van der Waals surface area (Å²) in [6.07, 6.45) is 8.62. The summed E-state index contributed by atoms with van der Waals surface area (Å²) >= 11 is 0. The molecule has 0 radical (unpaired) electrons. The summed E-state index contributed by atoms with van der Waals surface area (Å²) < 4.78 is 6.01. The molecule has 0 saturated heterocycles. The van der Waals surface area contributed by atoms with Gasteiger partial charge in [-0.1, -0.05) is 38.5 Å². The largest absolute Gasteiger partial charge is 0.458 e. The van der Waals surface area contributed by atoms with Crippen molar-refractivity contribution in [1.29, 1.82) is 0 Å². The smallest absolute Gasteiger partial charge is 0.338 e. The molecule has 2 fully saturated rings. The Morgan fingerprint density at radius 3 is 2.63 bits per heavy atom. The lowest BCUT2D eigenvalue weighted by Gasteiger charge is -2.46. The van der Waals surface area contributed by atoms with Gasteiger partial charge in [0.1, 0.15) is 11.9 Å². The Labute approximate surface area is 163 Å². The number of hydrogen-bond donors (Lipinski definition) is 0. The van der Waals surface area contributed by atoms with Crippen LogP contribution in [0, 0.1) is 23.2 Å². The lowest BCUT2D eigenvalue weighted by Crippen LogP contribution is -2.43. The fourth-order valence-electron chi connectivity index (χ4n) is 5.89. The fraction of sp³-hybridized carbons (Fsp3) is 0.667. The average molecular weight is 371 g/mol. The molecule has 0 aliphatic heterocycles. The normalized spacial score (nSPS) is 31.1. The van der Waals surface area contributed by atoms with Gasteiger partial charge in [-0.25, -0.2) is 4.79 Å². The lowest BCUT2D eigenvalue weighted by atomic mass is 9.61. The third kappa shape index (κ3) is 4.44. The minimum atomic E-state index is -0.178. The van der Waals surface area contributed by atoms with E-state index < -0.39 is 0 Å². The summed E-state index contributed by atoms with van der Waals surface area (Å²) in [5.74, 6) is 1.89. The zero-order valence-electron chi connectivity index (χ0n) is 17.1. The SMILES string of the molecule is CC(=O)CCC[C@@H](C)[C@H]1CCC2[C@@H](OC(=O)c3ccccc3)CCC[C@@]21C. The fourth-order valence-corrected chi connectivity index (χ4v) is 5.89. The molecule has 0 spiro atoms. The maximum atomic E-state index is 12.6. The van der Waals surface area contributed by atoms with Gasteiger partial charge in [-0.3, -0.25) is 0 Å². The van der Waals surface area contributed by atoms with Crippen molar-refractivity contribution in [3.8, 4) is 0 Å². The molecule has 3 heteroatoms. The zero-order valence-corrected chi connectivity index (χ0v) is 17.1. The van der Waals surface area contributed by atoms with Gasteiger partial charge in [0.15, 0.2) is 0 Å². The Kier molecular flexibility index (Phi) is 6.39. The highest BCUT2D eigenvalue weighted by Crippen LogP contribution is 2.58. The number of carbonyl (C=O) groups excluding carboxylic acids is 2. The molecule has 27 heavy (non-hydrogen) atoms. The Hall–Kier alpha value is -1.64. The van der Waals surface area contributed by atoms with E-state index in [4.69, 9.17) is 4.74 Å². The summed E-state index contributed by atoms with van der Waals surface area (Å²) in [6, 6.07) is 9.35. The first-order valence-corrected chi connectivity index (χ1v) is 10.7. The van der Waals surface area contributed by atoms with E-state index in [1.54, 1.807) is 6.92 Å². The van der Waals surface area contributed by atoms with Crippen molar-refractivity contribution in [3.63, 3.8) is 0 Å². The number of rotatable bonds is 7. The van der Waals surface area contributed by atoms with E-state index in [0.29, 0.717) is 35.5 Å². The van der Waals surface area contributed by atoms with Gasteiger partial charge in [-0.15, -0.1) is 0 Å². The van der Waals surface area contributed by atoms with Crippen LogP contribution in [-0.4, -0.2) is 17.9 Å². The van der Waals surface area contributed by atoms with Crippen molar-refractivity contribution in [2.75, 3.05) is 0 Å².